The summed E-state index contributed by atoms with van der Waals surface area (Å²) < 4.78 is 0. The van der Waals surface area contributed by atoms with Gasteiger partial charge in [0, 0.05) is 12.1 Å². The van der Waals surface area contributed by atoms with Gasteiger partial charge in [0.25, 0.3) is 0 Å². The van der Waals surface area contributed by atoms with E-state index in [1.807, 2.05) is 18.2 Å². The van der Waals surface area contributed by atoms with Crippen LogP contribution in [0.25, 0.3) is 0 Å². The van der Waals surface area contributed by atoms with E-state index in [9.17, 15) is 0 Å². The summed E-state index contributed by atoms with van der Waals surface area (Å²) in [4.78, 5) is 2.46. The molecule has 1 aliphatic rings. The Kier molecular flexibility index (Phi) is 4.65. The highest BCUT2D eigenvalue weighted by atomic mass is 16.4. The molecular weight excluding hydrogens is 250 g/mol. The van der Waals surface area contributed by atoms with Gasteiger partial charge in [0.1, 0.15) is 0 Å². The van der Waals surface area contributed by atoms with E-state index in [2.05, 4.69) is 30.0 Å². The van der Waals surface area contributed by atoms with Gasteiger partial charge in [-0.15, -0.1) is 0 Å². The second-order valence-corrected chi connectivity index (χ2v) is 6.08. The van der Waals surface area contributed by atoms with Gasteiger partial charge in [-0.2, -0.15) is 0 Å². The Morgan fingerprint density at radius 3 is 2.60 bits per heavy atom. The van der Waals surface area contributed by atoms with Crippen LogP contribution in [-0.4, -0.2) is 29.0 Å². The van der Waals surface area contributed by atoms with Crippen LogP contribution in [0.4, 0.5) is 0 Å². The van der Waals surface area contributed by atoms with Crippen LogP contribution < -0.4 is 5.73 Å². The first-order valence-corrected chi connectivity index (χ1v) is 7.36. The number of piperidine rings is 1. The number of oxime groups is 1. The molecule has 1 aliphatic heterocycles. The van der Waals surface area contributed by atoms with Crippen LogP contribution in [0.3, 0.4) is 0 Å². The Morgan fingerprint density at radius 2 is 2.00 bits per heavy atom. The maximum atomic E-state index is 8.87. The fraction of sp³-hybridized carbons (Fsp3) is 0.562. The quantitative estimate of drug-likeness (QED) is 0.384. The SMILES string of the molecule is CCC1(C)CCN(Cc2ccccc2C(N)=NO)CC1. The minimum Gasteiger partial charge on any atom is -0.409 e. The molecule has 0 amide bonds. The molecule has 4 heteroatoms. The molecule has 3 N–H and O–H groups in total. The lowest BCUT2D eigenvalue weighted by Crippen LogP contribution is -2.38. The average Bonchev–Trinajstić information content (AvgIpc) is 2.49. The molecule has 1 aromatic carbocycles. The predicted molar refractivity (Wildman–Crippen MR) is 81.9 cm³/mol. The molecule has 1 fully saturated rings. The Morgan fingerprint density at radius 1 is 1.35 bits per heavy atom. The number of amidine groups is 1. The molecule has 0 aliphatic carbocycles. The molecule has 4 nitrogen and oxygen atoms in total. The van der Waals surface area contributed by atoms with Crippen molar-refractivity contribution < 1.29 is 5.21 Å². The highest BCUT2D eigenvalue weighted by Crippen LogP contribution is 2.34. The molecule has 0 atom stereocenters. The van der Waals surface area contributed by atoms with E-state index < -0.39 is 0 Å². The largest absolute Gasteiger partial charge is 0.409 e. The maximum Gasteiger partial charge on any atom is 0.170 e. The summed E-state index contributed by atoms with van der Waals surface area (Å²) in [6.45, 7) is 7.77. The second-order valence-electron chi connectivity index (χ2n) is 6.08. The highest BCUT2D eigenvalue weighted by molar-refractivity contribution is 5.98. The number of hydrogen-bond acceptors (Lipinski definition) is 3. The standard InChI is InChI=1S/C16H25N3O/c1-3-16(2)8-10-19(11-9-16)12-13-6-4-5-7-14(13)15(17)18-20/h4-7,20H,3,8-12H2,1-2H3,(H2,17,18). The van der Waals surface area contributed by atoms with Gasteiger partial charge in [0.2, 0.25) is 0 Å². The van der Waals surface area contributed by atoms with Crippen molar-refractivity contribution in [3.63, 3.8) is 0 Å². The Bertz CT molecular complexity index is 476. The third kappa shape index (κ3) is 3.31. The van der Waals surface area contributed by atoms with Crippen molar-refractivity contribution in [1.29, 1.82) is 0 Å². The lowest BCUT2D eigenvalue weighted by Gasteiger charge is -2.39. The number of hydrogen-bond donors (Lipinski definition) is 2. The smallest absolute Gasteiger partial charge is 0.170 e. The zero-order valence-electron chi connectivity index (χ0n) is 12.5. The van der Waals surface area contributed by atoms with E-state index >= 15 is 0 Å². The van der Waals surface area contributed by atoms with Crippen molar-refractivity contribution >= 4 is 5.84 Å². The summed E-state index contributed by atoms with van der Waals surface area (Å²) >= 11 is 0. The summed E-state index contributed by atoms with van der Waals surface area (Å²) in [5, 5.41) is 12.0. The Hall–Kier alpha value is -1.55. The second kappa shape index (κ2) is 6.27. The van der Waals surface area contributed by atoms with Gasteiger partial charge in [0.05, 0.1) is 0 Å². The molecule has 1 heterocycles. The van der Waals surface area contributed by atoms with Crippen LogP contribution in [0.15, 0.2) is 29.4 Å². The Balaban J connectivity index is 2.05. The third-order valence-electron chi connectivity index (χ3n) is 4.71. The first-order chi connectivity index (χ1) is 9.58. The van der Waals surface area contributed by atoms with Gasteiger partial charge >= 0.3 is 0 Å². The topological polar surface area (TPSA) is 61.8 Å². The number of rotatable bonds is 4. The lowest BCUT2D eigenvalue weighted by molar-refractivity contribution is 0.109. The fourth-order valence-electron chi connectivity index (χ4n) is 2.81. The molecule has 0 unspecified atom stereocenters. The number of benzene rings is 1. The molecule has 1 aromatic rings. The van der Waals surface area contributed by atoms with Crippen LogP contribution in [-0.2, 0) is 6.54 Å². The summed E-state index contributed by atoms with van der Waals surface area (Å²) in [6.07, 6.45) is 3.74. The van der Waals surface area contributed by atoms with Crippen LogP contribution in [0, 0.1) is 5.41 Å². The maximum absolute atomic E-state index is 8.87. The zero-order chi connectivity index (χ0) is 14.6. The van der Waals surface area contributed by atoms with Crippen LogP contribution in [0.5, 0.6) is 0 Å². The van der Waals surface area contributed by atoms with E-state index in [1.165, 1.54) is 19.3 Å². The van der Waals surface area contributed by atoms with Crippen LogP contribution >= 0.6 is 0 Å². The molecule has 0 spiro atoms. The molecule has 0 aromatic heterocycles. The first-order valence-electron chi connectivity index (χ1n) is 7.36. The average molecular weight is 275 g/mol. The van der Waals surface area contributed by atoms with Gasteiger partial charge in [-0.25, -0.2) is 0 Å². The van der Waals surface area contributed by atoms with Crippen LogP contribution in [0.2, 0.25) is 0 Å². The van der Waals surface area contributed by atoms with E-state index in [4.69, 9.17) is 10.9 Å². The third-order valence-corrected chi connectivity index (χ3v) is 4.71. The molecule has 110 valence electrons. The van der Waals surface area contributed by atoms with Gasteiger partial charge in [-0.3, -0.25) is 4.90 Å². The van der Waals surface area contributed by atoms with Crippen molar-refractivity contribution in [1.82, 2.24) is 4.90 Å². The monoisotopic (exact) mass is 275 g/mol. The molecule has 0 saturated carbocycles. The minimum absolute atomic E-state index is 0.191. The summed E-state index contributed by atoms with van der Waals surface area (Å²) in [7, 11) is 0. The number of likely N-dealkylation sites (tertiary alicyclic amines) is 1. The van der Waals surface area contributed by atoms with Gasteiger partial charge in [-0.1, -0.05) is 49.7 Å². The molecule has 0 bridgehead atoms. The molecular formula is C16H25N3O. The summed E-state index contributed by atoms with van der Waals surface area (Å²) in [6, 6.07) is 7.89. The molecule has 2 rings (SSSR count). The first kappa shape index (κ1) is 14.9. The van der Waals surface area contributed by atoms with Crippen molar-refractivity contribution in [2.45, 2.75) is 39.7 Å². The summed E-state index contributed by atoms with van der Waals surface area (Å²) in [5.74, 6) is 0.191. The zero-order valence-corrected chi connectivity index (χ0v) is 12.5. The normalized spacial score (nSPS) is 20.0. The number of nitrogens with two attached hydrogens (primary N) is 1. The van der Waals surface area contributed by atoms with Gasteiger partial charge in [-0.05, 0) is 36.9 Å². The van der Waals surface area contributed by atoms with Crippen LogP contribution in [0.1, 0.15) is 44.2 Å². The van der Waals surface area contributed by atoms with Gasteiger partial charge < -0.3 is 10.9 Å². The molecule has 1 saturated heterocycles. The van der Waals surface area contributed by atoms with Crippen molar-refractivity contribution in [3.8, 4) is 0 Å². The van der Waals surface area contributed by atoms with Crippen molar-refractivity contribution in [3.05, 3.63) is 35.4 Å². The van der Waals surface area contributed by atoms with Crippen molar-refractivity contribution in [2.24, 2.45) is 16.3 Å². The number of nitrogens with zero attached hydrogens (tertiary/aromatic N) is 2. The van der Waals surface area contributed by atoms with Crippen molar-refractivity contribution in [2.75, 3.05) is 13.1 Å². The minimum atomic E-state index is 0.191. The predicted octanol–water partition coefficient (Wildman–Crippen LogP) is 2.79. The molecule has 0 radical (unpaired) electrons. The fourth-order valence-corrected chi connectivity index (χ4v) is 2.81. The van der Waals surface area contributed by atoms with E-state index in [0.29, 0.717) is 5.41 Å². The molecule has 20 heavy (non-hydrogen) atoms. The van der Waals surface area contributed by atoms with E-state index in [-0.39, 0.29) is 5.84 Å². The summed E-state index contributed by atoms with van der Waals surface area (Å²) in [5.41, 5.74) is 8.21. The Labute approximate surface area is 121 Å². The van der Waals surface area contributed by atoms with Gasteiger partial charge in [0.15, 0.2) is 5.84 Å². The van der Waals surface area contributed by atoms with E-state index in [0.717, 1.165) is 30.8 Å². The lowest BCUT2D eigenvalue weighted by atomic mass is 9.78. The van der Waals surface area contributed by atoms with E-state index in [1.54, 1.807) is 0 Å². The highest BCUT2D eigenvalue weighted by Gasteiger charge is 2.28.